The molecule has 144 valence electrons. The molecular weight excluding hydrogens is 354 g/mol. The first kappa shape index (κ1) is 18.0. The monoisotopic (exact) mass is 377 g/mol. The Morgan fingerprint density at radius 1 is 1.00 bits per heavy atom. The Morgan fingerprint density at radius 3 is 2.54 bits per heavy atom. The third-order valence-corrected chi connectivity index (χ3v) is 4.88. The van der Waals surface area contributed by atoms with Gasteiger partial charge in [-0.3, -0.25) is 9.59 Å². The van der Waals surface area contributed by atoms with Crippen LogP contribution in [0.15, 0.2) is 54.7 Å². The maximum absolute atomic E-state index is 12.2. The van der Waals surface area contributed by atoms with Gasteiger partial charge in [-0.05, 0) is 61.7 Å². The van der Waals surface area contributed by atoms with Gasteiger partial charge in [0.05, 0.1) is 12.1 Å². The van der Waals surface area contributed by atoms with Crippen molar-refractivity contribution < 1.29 is 9.59 Å². The minimum Gasteiger partial charge on any atom is -0.372 e. The minimum atomic E-state index is -0.376. The first-order valence-corrected chi connectivity index (χ1v) is 9.56. The Bertz CT molecular complexity index is 941. The molecule has 2 N–H and O–H groups in total. The fourth-order valence-corrected chi connectivity index (χ4v) is 3.41. The Kier molecular flexibility index (Phi) is 5.23. The molecule has 1 saturated heterocycles. The van der Waals surface area contributed by atoms with Crippen LogP contribution in [0.1, 0.15) is 29.8 Å². The summed E-state index contributed by atoms with van der Waals surface area (Å²) >= 11 is 0. The zero-order chi connectivity index (χ0) is 19.3. The van der Waals surface area contributed by atoms with Crippen LogP contribution in [0.5, 0.6) is 0 Å². The number of aromatic nitrogens is 2. The van der Waals surface area contributed by atoms with Gasteiger partial charge in [0.25, 0.3) is 5.91 Å². The first-order valence-electron chi connectivity index (χ1n) is 9.56. The molecule has 1 aromatic carbocycles. The van der Waals surface area contributed by atoms with Crippen molar-refractivity contribution in [3.63, 3.8) is 0 Å². The van der Waals surface area contributed by atoms with E-state index in [0.29, 0.717) is 5.69 Å². The fourth-order valence-electron chi connectivity index (χ4n) is 3.41. The Hall–Kier alpha value is -3.35. The lowest BCUT2D eigenvalue weighted by atomic mass is 10.1. The van der Waals surface area contributed by atoms with Crippen molar-refractivity contribution in [3.05, 3.63) is 60.4 Å². The number of hydrogen-bond acceptors (Lipinski definition) is 4. The van der Waals surface area contributed by atoms with E-state index in [1.807, 2.05) is 42.5 Å². The van der Waals surface area contributed by atoms with Gasteiger partial charge in [-0.25, -0.2) is 4.52 Å². The molecule has 1 aliphatic rings. The van der Waals surface area contributed by atoms with Crippen molar-refractivity contribution >= 4 is 28.7 Å². The van der Waals surface area contributed by atoms with E-state index in [4.69, 9.17) is 0 Å². The number of carbonyl (C=O) groups excluding carboxylic acids is 2. The average Bonchev–Trinajstić information content (AvgIpc) is 3.18. The highest BCUT2D eigenvalue weighted by molar-refractivity contribution is 5.99. The number of amides is 2. The number of nitrogens with zero attached hydrogens (tertiary/aromatic N) is 3. The van der Waals surface area contributed by atoms with Crippen molar-refractivity contribution in [2.75, 3.05) is 29.9 Å². The molecule has 2 aromatic heterocycles. The standard InChI is InChI=1S/C21H23N5O2/c27-20(15-22-21(28)19-14-18-6-2-5-13-26(18)24-19)23-16-7-9-17(10-8-16)25-11-3-1-4-12-25/h2,5-10,13-14H,1,3-4,11-12,15H2,(H,22,28)(H,23,27). The molecule has 2 amide bonds. The molecule has 0 atom stereocenters. The van der Waals surface area contributed by atoms with Crippen molar-refractivity contribution in [3.8, 4) is 0 Å². The Labute approximate surface area is 163 Å². The molecule has 4 rings (SSSR count). The number of rotatable bonds is 5. The van der Waals surface area contributed by atoms with E-state index in [9.17, 15) is 9.59 Å². The SMILES string of the molecule is O=C(CNC(=O)c1cc2ccccn2n1)Nc1ccc(N2CCCCC2)cc1. The van der Waals surface area contributed by atoms with Crippen LogP contribution < -0.4 is 15.5 Å². The second kappa shape index (κ2) is 8.12. The summed E-state index contributed by atoms with van der Waals surface area (Å²) in [7, 11) is 0. The largest absolute Gasteiger partial charge is 0.372 e. The van der Waals surface area contributed by atoms with E-state index in [-0.39, 0.29) is 24.1 Å². The normalized spacial score (nSPS) is 14.1. The van der Waals surface area contributed by atoms with Crippen LogP contribution in [-0.4, -0.2) is 41.1 Å². The topological polar surface area (TPSA) is 78.7 Å². The molecule has 0 bridgehead atoms. The van der Waals surface area contributed by atoms with Crippen LogP contribution in [0.3, 0.4) is 0 Å². The molecular formula is C21H23N5O2. The molecule has 0 aliphatic carbocycles. The summed E-state index contributed by atoms with van der Waals surface area (Å²) in [6, 6.07) is 15.1. The molecule has 1 aliphatic heterocycles. The lowest BCUT2D eigenvalue weighted by Crippen LogP contribution is -2.33. The van der Waals surface area contributed by atoms with Gasteiger partial charge in [0.1, 0.15) is 0 Å². The molecule has 1 fully saturated rings. The average molecular weight is 377 g/mol. The molecule has 0 radical (unpaired) electrons. The number of hydrogen-bond donors (Lipinski definition) is 2. The highest BCUT2D eigenvalue weighted by Gasteiger charge is 2.13. The van der Waals surface area contributed by atoms with Crippen LogP contribution in [0, 0.1) is 0 Å². The molecule has 0 unspecified atom stereocenters. The van der Waals surface area contributed by atoms with Crippen molar-refractivity contribution in [1.82, 2.24) is 14.9 Å². The van der Waals surface area contributed by atoms with Crippen LogP contribution >= 0.6 is 0 Å². The zero-order valence-corrected chi connectivity index (χ0v) is 15.6. The highest BCUT2D eigenvalue weighted by atomic mass is 16.2. The third-order valence-electron chi connectivity index (χ3n) is 4.88. The number of pyridine rings is 1. The summed E-state index contributed by atoms with van der Waals surface area (Å²) in [6.07, 6.45) is 5.52. The van der Waals surface area contributed by atoms with E-state index in [1.54, 1.807) is 16.8 Å². The van der Waals surface area contributed by atoms with Gasteiger partial charge in [0.2, 0.25) is 5.91 Å². The molecule has 7 nitrogen and oxygen atoms in total. The van der Waals surface area contributed by atoms with Crippen LogP contribution in [0.25, 0.3) is 5.52 Å². The molecule has 3 heterocycles. The van der Waals surface area contributed by atoms with Crippen molar-refractivity contribution in [2.24, 2.45) is 0 Å². The van der Waals surface area contributed by atoms with Crippen LogP contribution in [-0.2, 0) is 4.79 Å². The van der Waals surface area contributed by atoms with E-state index in [1.165, 1.54) is 24.9 Å². The number of fused-ring (bicyclic) bond motifs is 1. The van der Waals surface area contributed by atoms with Gasteiger partial charge >= 0.3 is 0 Å². The Morgan fingerprint density at radius 2 is 1.79 bits per heavy atom. The molecule has 0 saturated carbocycles. The number of benzene rings is 1. The van der Waals surface area contributed by atoms with E-state index in [2.05, 4.69) is 20.6 Å². The maximum atomic E-state index is 12.2. The molecule has 3 aromatic rings. The number of nitrogens with one attached hydrogen (secondary N) is 2. The van der Waals surface area contributed by atoms with Crippen LogP contribution in [0.2, 0.25) is 0 Å². The van der Waals surface area contributed by atoms with E-state index < -0.39 is 0 Å². The first-order chi connectivity index (χ1) is 13.7. The maximum Gasteiger partial charge on any atom is 0.272 e. The van der Waals surface area contributed by atoms with E-state index >= 15 is 0 Å². The predicted molar refractivity (Wildman–Crippen MR) is 109 cm³/mol. The minimum absolute atomic E-state index is 0.111. The van der Waals surface area contributed by atoms with Gasteiger partial charge in [0.15, 0.2) is 5.69 Å². The van der Waals surface area contributed by atoms with Gasteiger partial charge in [0, 0.05) is 30.7 Å². The lowest BCUT2D eigenvalue weighted by Gasteiger charge is -2.28. The summed E-state index contributed by atoms with van der Waals surface area (Å²) < 4.78 is 1.62. The van der Waals surface area contributed by atoms with Gasteiger partial charge in [-0.1, -0.05) is 6.07 Å². The zero-order valence-electron chi connectivity index (χ0n) is 15.6. The summed E-state index contributed by atoms with van der Waals surface area (Å²) in [5, 5.41) is 9.61. The second-order valence-electron chi connectivity index (χ2n) is 6.93. The van der Waals surface area contributed by atoms with Crippen molar-refractivity contribution in [2.45, 2.75) is 19.3 Å². The quantitative estimate of drug-likeness (QED) is 0.717. The predicted octanol–water partition coefficient (Wildman–Crippen LogP) is 2.69. The second-order valence-corrected chi connectivity index (χ2v) is 6.93. The van der Waals surface area contributed by atoms with Crippen molar-refractivity contribution in [1.29, 1.82) is 0 Å². The van der Waals surface area contributed by atoms with Gasteiger partial charge in [-0.2, -0.15) is 5.10 Å². The highest BCUT2D eigenvalue weighted by Crippen LogP contribution is 2.21. The molecule has 0 spiro atoms. The smallest absolute Gasteiger partial charge is 0.272 e. The summed E-state index contributed by atoms with van der Waals surface area (Å²) in [4.78, 5) is 26.7. The lowest BCUT2D eigenvalue weighted by molar-refractivity contribution is -0.115. The third kappa shape index (κ3) is 4.14. The van der Waals surface area contributed by atoms with Gasteiger partial charge in [-0.15, -0.1) is 0 Å². The summed E-state index contributed by atoms with van der Waals surface area (Å²) in [6.45, 7) is 2.06. The van der Waals surface area contributed by atoms with Crippen LogP contribution in [0.4, 0.5) is 11.4 Å². The Balaban J connectivity index is 1.29. The van der Waals surface area contributed by atoms with Gasteiger partial charge < -0.3 is 15.5 Å². The number of anilines is 2. The number of carbonyl (C=O) groups is 2. The molecule has 28 heavy (non-hydrogen) atoms. The molecule has 7 heteroatoms. The number of piperidine rings is 1. The summed E-state index contributed by atoms with van der Waals surface area (Å²) in [5.74, 6) is -0.651. The fraction of sp³-hybridized carbons (Fsp3) is 0.286. The van der Waals surface area contributed by atoms with E-state index in [0.717, 1.165) is 18.6 Å². The summed E-state index contributed by atoms with van der Waals surface area (Å²) in [5.41, 5.74) is 3.00.